The van der Waals surface area contributed by atoms with Gasteiger partial charge >= 0.3 is 0 Å². The quantitative estimate of drug-likeness (QED) is 0.792. The van der Waals surface area contributed by atoms with E-state index < -0.39 is 0 Å². The first kappa shape index (κ1) is 10.6. The predicted molar refractivity (Wildman–Crippen MR) is 55.5 cm³/mol. The number of rotatable bonds is 5. The highest BCUT2D eigenvalue weighted by Gasteiger charge is 2.08. The molecular weight excluding hydrogens is 182 g/mol. The summed E-state index contributed by atoms with van der Waals surface area (Å²) in [7, 11) is 0. The van der Waals surface area contributed by atoms with Gasteiger partial charge in [-0.25, -0.2) is 0 Å². The Morgan fingerprint density at radius 3 is 2.77 bits per heavy atom. The molecule has 0 bridgehead atoms. The van der Waals surface area contributed by atoms with E-state index in [0.29, 0.717) is 0 Å². The molecule has 0 saturated carbocycles. The second-order valence-electron chi connectivity index (χ2n) is 3.76. The summed E-state index contributed by atoms with van der Waals surface area (Å²) in [4.78, 5) is 0. The van der Waals surface area contributed by atoms with Crippen molar-refractivity contribution >= 4 is 11.5 Å². The molecule has 4 heteroatoms. The van der Waals surface area contributed by atoms with Gasteiger partial charge in [0.2, 0.25) is 0 Å². The Hall–Kier alpha value is -0.480. The van der Waals surface area contributed by atoms with Crippen molar-refractivity contribution in [1.82, 2.24) is 9.59 Å². The highest BCUT2D eigenvalue weighted by Crippen LogP contribution is 2.17. The van der Waals surface area contributed by atoms with E-state index in [1.165, 1.54) is 24.4 Å². The molecule has 1 atom stereocenters. The van der Waals surface area contributed by atoms with Gasteiger partial charge in [0, 0.05) is 11.4 Å². The summed E-state index contributed by atoms with van der Waals surface area (Å²) in [5.74, 6) is 0.765. The Labute approximate surface area is 83.5 Å². The average molecular weight is 199 g/mol. The third-order valence-corrected chi connectivity index (χ3v) is 2.58. The van der Waals surface area contributed by atoms with Gasteiger partial charge in [-0.05, 0) is 23.9 Å². The molecule has 1 unspecified atom stereocenters. The first-order chi connectivity index (χ1) is 6.20. The molecule has 3 nitrogen and oxygen atoms in total. The van der Waals surface area contributed by atoms with Crippen molar-refractivity contribution in [1.29, 1.82) is 0 Å². The molecule has 1 heterocycles. The Morgan fingerprint density at radius 1 is 1.46 bits per heavy atom. The van der Waals surface area contributed by atoms with Gasteiger partial charge in [-0.1, -0.05) is 31.2 Å². The van der Waals surface area contributed by atoms with Crippen LogP contribution in [0.25, 0.3) is 0 Å². The molecule has 0 spiro atoms. The van der Waals surface area contributed by atoms with Crippen molar-refractivity contribution in [3.8, 4) is 0 Å². The fourth-order valence-electron chi connectivity index (χ4n) is 1.23. The Bertz CT molecular complexity index is 221. The number of aromatic nitrogens is 2. The predicted octanol–water partition coefficient (Wildman–Crippen LogP) is 2.36. The van der Waals surface area contributed by atoms with Gasteiger partial charge in [0.15, 0.2) is 0 Å². The monoisotopic (exact) mass is 199 g/mol. The van der Waals surface area contributed by atoms with Crippen molar-refractivity contribution in [3.63, 3.8) is 0 Å². The van der Waals surface area contributed by atoms with Gasteiger partial charge in [0.05, 0.1) is 5.69 Å². The summed E-state index contributed by atoms with van der Waals surface area (Å²) in [6, 6.07) is 0.0810. The van der Waals surface area contributed by atoms with Crippen molar-refractivity contribution in [2.45, 2.75) is 39.2 Å². The fourth-order valence-corrected chi connectivity index (χ4v) is 1.75. The third kappa shape index (κ3) is 3.83. The van der Waals surface area contributed by atoms with E-state index in [1.807, 2.05) is 5.38 Å². The zero-order valence-corrected chi connectivity index (χ0v) is 9.05. The number of hydrogen-bond donors (Lipinski definition) is 1. The smallest absolute Gasteiger partial charge is 0.0922 e. The zero-order chi connectivity index (χ0) is 9.68. The highest BCUT2D eigenvalue weighted by atomic mass is 32.1. The molecular formula is C9H17N3S. The van der Waals surface area contributed by atoms with E-state index in [2.05, 4.69) is 23.4 Å². The molecule has 0 radical (unpaired) electrons. The summed E-state index contributed by atoms with van der Waals surface area (Å²) in [5, 5.41) is 5.89. The topological polar surface area (TPSA) is 51.8 Å². The number of nitrogens with zero attached hydrogens (tertiary/aromatic N) is 2. The van der Waals surface area contributed by atoms with Crippen molar-refractivity contribution < 1.29 is 0 Å². The molecule has 1 aromatic heterocycles. The number of hydrogen-bond acceptors (Lipinski definition) is 4. The van der Waals surface area contributed by atoms with Crippen LogP contribution in [-0.2, 0) is 0 Å². The van der Waals surface area contributed by atoms with Crippen LogP contribution in [0, 0.1) is 5.92 Å². The van der Waals surface area contributed by atoms with Crippen LogP contribution in [0.3, 0.4) is 0 Å². The number of nitrogens with two attached hydrogens (primary N) is 1. The maximum Gasteiger partial charge on any atom is 0.0922 e. The molecule has 0 aliphatic carbocycles. The van der Waals surface area contributed by atoms with E-state index in [1.54, 1.807) is 0 Å². The highest BCUT2D eigenvalue weighted by molar-refractivity contribution is 7.03. The minimum Gasteiger partial charge on any atom is -0.323 e. The van der Waals surface area contributed by atoms with E-state index in [9.17, 15) is 0 Å². The molecule has 0 fully saturated rings. The van der Waals surface area contributed by atoms with E-state index in [4.69, 9.17) is 5.73 Å². The van der Waals surface area contributed by atoms with Crippen LogP contribution in [0.1, 0.15) is 44.8 Å². The normalized spacial score (nSPS) is 13.5. The van der Waals surface area contributed by atoms with Crippen molar-refractivity contribution in [2.24, 2.45) is 11.7 Å². The summed E-state index contributed by atoms with van der Waals surface area (Å²) < 4.78 is 3.80. The van der Waals surface area contributed by atoms with Crippen LogP contribution in [0.5, 0.6) is 0 Å². The molecule has 0 aromatic carbocycles. The average Bonchev–Trinajstić information content (AvgIpc) is 2.55. The third-order valence-electron chi connectivity index (χ3n) is 2.05. The van der Waals surface area contributed by atoms with E-state index in [-0.39, 0.29) is 6.04 Å². The van der Waals surface area contributed by atoms with Gasteiger partial charge < -0.3 is 5.73 Å². The molecule has 0 aliphatic rings. The molecule has 2 N–H and O–H groups in total. The second-order valence-corrected chi connectivity index (χ2v) is 4.37. The molecule has 74 valence electrons. The van der Waals surface area contributed by atoms with E-state index >= 15 is 0 Å². The van der Waals surface area contributed by atoms with Crippen LogP contribution in [0.4, 0.5) is 0 Å². The van der Waals surface area contributed by atoms with Crippen LogP contribution < -0.4 is 5.73 Å². The molecule has 0 saturated heterocycles. The summed E-state index contributed by atoms with van der Waals surface area (Å²) in [5.41, 5.74) is 6.87. The van der Waals surface area contributed by atoms with Gasteiger partial charge in [-0.15, -0.1) is 5.10 Å². The maximum absolute atomic E-state index is 5.93. The zero-order valence-electron chi connectivity index (χ0n) is 8.23. The first-order valence-corrected chi connectivity index (χ1v) is 5.56. The standard InChI is InChI=1S/C9H17N3S/c1-7(2)4-3-5-8(10)9-6-13-12-11-9/h6-8H,3-5,10H2,1-2H3. The summed E-state index contributed by atoms with van der Waals surface area (Å²) in [6.45, 7) is 4.46. The van der Waals surface area contributed by atoms with Gasteiger partial charge in [0.25, 0.3) is 0 Å². The minimum absolute atomic E-state index is 0.0810. The summed E-state index contributed by atoms with van der Waals surface area (Å²) in [6.07, 6.45) is 3.44. The lowest BCUT2D eigenvalue weighted by Crippen LogP contribution is -2.10. The van der Waals surface area contributed by atoms with Gasteiger partial charge in [-0.3, -0.25) is 0 Å². The maximum atomic E-state index is 5.93. The van der Waals surface area contributed by atoms with Crippen molar-refractivity contribution in [3.05, 3.63) is 11.1 Å². The fraction of sp³-hybridized carbons (Fsp3) is 0.778. The van der Waals surface area contributed by atoms with Gasteiger partial charge in [-0.2, -0.15) is 0 Å². The van der Waals surface area contributed by atoms with Crippen molar-refractivity contribution in [2.75, 3.05) is 0 Å². The molecule has 1 aromatic rings. The second kappa shape index (κ2) is 5.29. The van der Waals surface area contributed by atoms with Crippen LogP contribution in [0.15, 0.2) is 5.38 Å². The Morgan fingerprint density at radius 2 is 2.23 bits per heavy atom. The molecule has 1 rings (SSSR count). The van der Waals surface area contributed by atoms with E-state index in [0.717, 1.165) is 18.0 Å². The van der Waals surface area contributed by atoms with Gasteiger partial charge in [0.1, 0.15) is 0 Å². The van der Waals surface area contributed by atoms with Crippen LogP contribution >= 0.6 is 11.5 Å². The van der Waals surface area contributed by atoms with Crippen LogP contribution in [0.2, 0.25) is 0 Å². The SMILES string of the molecule is CC(C)CCCC(N)c1csnn1. The lowest BCUT2D eigenvalue weighted by atomic mass is 10.0. The van der Waals surface area contributed by atoms with Crippen LogP contribution in [-0.4, -0.2) is 9.59 Å². The Balaban J connectivity index is 2.22. The Kier molecular flexibility index (Phi) is 4.32. The molecule has 0 amide bonds. The summed E-state index contributed by atoms with van der Waals surface area (Å²) >= 11 is 1.37. The largest absolute Gasteiger partial charge is 0.323 e. The first-order valence-electron chi connectivity index (χ1n) is 4.72. The lowest BCUT2D eigenvalue weighted by Gasteiger charge is -2.08. The molecule has 0 aliphatic heterocycles. The lowest BCUT2D eigenvalue weighted by molar-refractivity contribution is 0.501. The molecule has 13 heavy (non-hydrogen) atoms. The minimum atomic E-state index is 0.0810.